The second kappa shape index (κ2) is 6.30. The fourth-order valence-corrected chi connectivity index (χ4v) is 2.98. The molecule has 11 heteroatoms. The first-order valence-electron chi connectivity index (χ1n) is 7.15. The van der Waals surface area contributed by atoms with Crippen LogP contribution in [0.5, 0.6) is 11.6 Å². The van der Waals surface area contributed by atoms with Crippen LogP contribution in [-0.2, 0) is 13.2 Å². The molecule has 0 saturated carbocycles. The maximum absolute atomic E-state index is 13.0. The fourth-order valence-electron chi connectivity index (χ4n) is 2.34. The van der Waals surface area contributed by atoms with E-state index >= 15 is 0 Å². The largest absolute Gasteiger partial charge is 0.437 e. The molecule has 0 aliphatic carbocycles. The number of fused-ring (bicyclic) bond motifs is 1. The highest BCUT2D eigenvalue weighted by atomic mass is 79.9. The highest BCUT2D eigenvalue weighted by Crippen LogP contribution is 2.40. The Morgan fingerprint density at radius 3 is 2.68 bits per heavy atom. The first-order valence-corrected chi connectivity index (χ1v) is 7.95. The molecule has 0 spiro atoms. The van der Waals surface area contributed by atoms with Crippen molar-refractivity contribution in [2.45, 2.75) is 19.1 Å². The first kappa shape index (κ1) is 17.7. The maximum Gasteiger partial charge on any atom is 0.434 e. The first-order chi connectivity index (χ1) is 11.7. The third kappa shape index (κ3) is 3.21. The van der Waals surface area contributed by atoms with E-state index in [2.05, 4.69) is 31.3 Å². The molecule has 7 nitrogen and oxygen atoms in total. The zero-order chi connectivity index (χ0) is 18.4. The Hall–Kier alpha value is -2.14. The Morgan fingerprint density at radius 1 is 1.36 bits per heavy atom. The second-order valence-electron chi connectivity index (χ2n) is 5.41. The van der Waals surface area contributed by atoms with E-state index in [1.54, 1.807) is 25.1 Å². The van der Waals surface area contributed by atoms with Crippen molar-refractivity contribution in [3.05, 3.63) is 28.4 Å². The van der Waals surface area contributed by atoms with Gasteiger partial charge in [-0.2, -0.15) is 13.2 Å². The molecule has 3 aromatic rings. The molecule has 0 saturated heterocycles. The Bertz CT molecular complexity index is 921. The molecule has 0 amide bonds. The van der Waals surface area contributed by atoms with E-state index in [4.69, 9.17) is 4.74 Å². The topological polar surface area (TPSA) is 78.0 Å². The molecule has 0 fully saturated rings. The standard InChI is InChI=1S/C14H13BrF3N5O2/c1-7(6-24)23-10-5-8(3-4-9(10)19-21-23)25-13-11(15)12(14(16,17)18)22(2)20-13/h3-5,7,24H,6H2,1-2H3. The van der Waals surface area contributed by atoms with Gasteiger partial charge in [0.2, 0.25) is 0 Å². The molecular formula is C14H13BrF3N5O2. The number of alkyl halides is 3. The molecule has 1 atom stereocenters. The summed E-state index contributed by atoms with van der Waals surface area (Å²) in [6.07, 6.45) is -4.56. The molecule has 0 aliphatic rings. The lowest BCUT2D eigenvalue weighted by molar-refractivity contribution is -0.144. The number of halogens is 4. The van der Waals surface area contributed by atoms with Gasteiger partial charge in [0.05, 0.1) is 18.2 Å². The van der Waals surface area contributed by atoms with Crippen LogP contribution in [0, 0.1) is 0 Å². The van der Waals surface area contributed by atoms with Gasteiger partial charge in [-0.05, 0) is 35.0 Å². The van der Waals surface area contributed by atoms with E-state index in [0.717, 1.165) is 0 Å². The molecule has 0 bridgehead atoms. The minimum absolute atomic E-state index is 0.135. The van der Waals surface area contributed by atoms with Gasteiger partial charge in [0.1, 0.15) is 15.7 Å². The maximum atomic E-state index is 13.0. The number of nitrogens with zero attached hydrogens (tertiary/aromatic N) is 5. The van der Waals surface area contributed by atoms with Crippen molar-refractivity contribution in [1.29, 1.82) is 0 Å². The molecule has 1 N–H and O–H groups in total. The fraction of sp³-hybridized carbons (Fsp3) is 0.357. The quantitative estimate of drug-likeness (QED) is 0.701. The Morgan fingerprint density at radius 2 is 2.08 bits per heavy atom. The number of aliphatic hydroxyl groups excluding tert-OH is 1. The van der Waals surface area contributed by atoms with Crippen LogP contribution in [0.2, 0.25) is 0 Å². The number of aromatic nitrogens is 5. The van der Waals surface area contributed by atoms with Gasteiger partial charge in [0.15, 0.2) is 5.69 Å². The number of hydrogen-bond donors (Lipinski definition) is 1. The zero-order valence-electron chi connectivity index (χ0n) is 13.1. The average molecular weight is 420 g/mol. The third-order valence-electron chi connectivity index (χ3n) is 3.57. The van der Waals surface area contributed by atoms with Crippen LogP contribution in [0.25, 0.3) is 11.0 Å². The van der Waals surface area contributed by atoms with Gasteiger partial charge < -0.3 is 9.84 Å². The van der Waals surface area contributed by atoms with Crippen molar-refractivity contribution in [1.82, 2.24) is 24.8 Å². The number of rotatable bonds is 4. The summed E-state index contributed by atoms with van der Waals surface area (Å²) in [4.78, 5) is 0. The predicted molar refractivity (Wildman–Crippen MR) is 85.3 cm³/mol. The number of hydrogen-bond acceptors (Lipinski definition) is 5. The van der Waals surface area contributed by atoms with Gasteiger partial charge in [-0.25, -0.2) is 4.68 Å². The molecule has 2 aromatic heterocycles. The van der Waals surface area contributed by atoms with Gasteiger partial charge in [-0.15, -0.1) is 10.2 Å². The van der Waals surface area contributed by atoms with E-state index in [1.165, 1.54) is 11.7 Å². The Labute approximate surface area is 148 Å². The summed E-state index contributed by atoms with van der Waals surface area (Å²) in [5, 5.41) is 21.0. The summed E-state index contributed by atoms with van der Waals surface area (Å²) in [5.74, 6) is 0.0668. The Kier molecular flexibility index (Phi) is 4.45. The summed E-state index contributed by atoms with van der Waals surface area (Å²) in [6.45, 7) is 1.62. The normalized spacial score (nSPS) is 13.4. The van der Waals surface area contributed by atoms with Gasteiger partial charge in [-0.1, -0.05) is 5.21 Å². The van der Waals surface area contributed by atoms with Gasteiger partial charge in [-0.3, -0.25) is 4.68 Å². The van der Waals surface area contributed by atoms with Crippen LogP contribution in [0.4, 0.5) is 13.2 Å². The van der Waals surface area contributed by atoms with E-state index in [0.29, 0.717) is 15.7 Å². The van der Waals surface area contributed by atoms with Crippen LogP contribution in [0.1, 0.15) is 18.7 Å². The van der Waals surface area contributed by atoms with E-state index in [1.807, 2.05) is 0 Å². The van der Waals surface area contributed by atoms with Gasteiger partial charge >= 0.3 is 6.18 Å². The predicted octanol–water partition coefficient (Wildman–Crippen LogP) is 3.29. The van der Waals surface area contributed by atoms with Crippen LogP contribution in [0.15, 0.2) is 22.7 Å². The lowest BCUT2D eigenvalue weighted by Gasteiger charge is -2.09. The highest BCUT2D eigenvalue weighted by Gasteiger charge is 2.39. The number of aliphatic hydroxyl groups is 1. The summed E-state index contributed by atoms with van der Waals surface area (Å²) in [7, 11) is 1.19. The number of ether oxygens (including phenoxy) is 1. The smallest absolute Gasteiger partial charge is 0.434 e. The van der Waals surface area contributed by atoms with Crippen molar-refractivity contribution < 1.29 is 23.0 Å². The minimum atomic E-state index is -4.56. The molecule has 1 unspecified atom stereocenters. The van der Waals surface area contributed by atoms with Crippen LogP contribution >= 0.6 is 15.9 Å². The average Bonchev–Trinajstić information content (AvgIpc) is 3.07. The van der Waals surface area contributed by atoms with Crippen molar-refractivity contribution in [3.8, 4) is 11.6 Å². The molecule has 0 radical (unpaired) electrons. The molecular weight excluding hydrogens is 407 g/mol. The monoisotopic (exact) mass is 419 g/mol. The highest BCUT2D eigenvalue weighted by molar-refractivity contribution is 9.10. The molecule has 25 heavy (non-hydrogen) atoms. The van der Waals surface area contributed by atoms with Gasteiger partial charge in [0, 0.05) is 13.1 Å². The second-order valence-corrected chi connectivity index (χ2v) is 6.20. The lowest BCUT2D eigenvalue weighted by Crippen LogP contribution is -2.12. The summed E-state index contributed by atoms with van der Waals surface area (Å²) >= 11 is 2.90. The number of benzene rings is 1. The molecule has 1 aromatic carbocycles. The van der Waals surface area contributed by atoms with E-state index < -0.39 is 11.9 Å². The molecule has 0 aliphatic heterocycles. The lowest BCUT2D eigenvalue weighted by atomic mass is 10.2. The van der Waals surface area contributed by atoms with Crippen molar-refractivity contribution in [3.63, 3.8) is 0 Å². The third-order valence-corrected chi connectivity index (χ3v) is 4.28. The van der Waals surface area contributed by atoms with Crippen LogP contribution < -0.4 is 4.74 Å². The summed E-state index contributed by atoms with van der Waals surface area (Å²) in [6, 6.07) is 4.45. The zero-order valence-corrected chi connectivity index (χ0v) is 14.7. The van der Waals surface area contributed by atoms with E-state index in [-0.39, 0.29) is 28.8 Å². The SMILES string of the molecule is CC(CO)n1nnc2ccc(Oc3nn(C)c(C(F)(F)F)c3Br)cc21. The van der Waals surface area contributed by atoms with Crippen molar-refractivity contribution in [2.75, 3.05) is 6.61 Å². The molecule has 3 rings (SSSR count). The minimum Gasteiger partial charge on any atom is -0.437 e. The van der Waals surface area contributed by atoms with Crippen molar-refractivity contribution >= 4 is 27.0 Å². The summed E-state index contributed by atoms with van der Waals surface area (Å²) < 4.78 is 46.5. The van der Waals surface area contributed by atoms with Gasteiger partial charge in [0.25, 0.3) is 5.88 Å². The molecule has 2 heterocycles. The van der Waals surface area contributed by atoms with Crippen LogP contribution in [-0.4, -0.2) is 36.5 Å². The van der Waals surface area contributed by atoms with E-state index in [9.17, 15) is 18.3 Å². The number of aryl methyl sites for hydroxylation is 1. The Balaban J connectivity index is 1.99. The van der Waals surface area contributed by atoms with Crippen LogP contribution in [0.3, 0.4) is 0 Å². The molecule has 134 valence electrons. The van der Waals surface area contributed by atoms with Crippen molar-refractivity contribution in [2.24, 2.45) is 7.05 Å². The summed E-state index contributed by atoms with van der Waals surface area (Å²) in [5.41, 5.74) is 0.218.